The van der Waals surface area contributed by atoms with Crippen molar-refractivity contribution in [3.05, 3.63) is 23.8 Å². The van der Waals surface area contributed by atoms with Gasteiger partial charge in [0.1, 0.15) is 12.7 Å². The Bertz CT molecular complexity index is 682. The van der Waals surface area contributed by atoms with Crippen LogP contribution >= 0.6 is 0 Å². The molecule has 8 heteroatoms. The van der Waals surface area contributed by atoms with Crippen LogP contribution in [0.25, 0.3) is 0 Å². The van der Waals surface area contributed by atoms with E-state index in [4.69, 9.17) is 15.2 Å². The molecule has 3 N–H and O–H groups in total. The van der Waals surface area contributed by atoms with Crippen LogP contribution in [0, 0.1) is 0 Å². The van der Waals surface area contributed by atoms with Gasteiger partial charge in [0, 0.05) is 44.6 Å². The van der Waals surface area contributed by atoms with Crippen molar-refractivity contribution in [1.82, 2.24) is 9.80 Å². The lowest BCUT2D eigenvalue weighted by Gasteiger charge is -2.37. The number of alkyl halides is 2. The third-order valence-electron chi connectivity index (χ3n) is 6.12. The molecule has 2 saturated heterocycles. The molecule has 0 radical (unpaired) electrons. The first-order valence-corrected chi connectivity index (χ1v) is 10.7. The first-order chi connectivity index (χ1) is 14.2. The SMILES string of the molecule is COc1cc(CN2CCC(F)(F)CC2)ccc1OCC(O)CN1CCC(C)(N)CC1. The molecule has 2 heterocycles. The highest BCUT2D eigenvalue weighted by molar-refractivity contribution is 5.43. The number of piperidine rings is 2. The van der Waals surface area contributed by atoms with E-state index in [-0.39, 0.29) is 25.0 Å². The van der Waals surface area contributed by atoms with Gasteiger partial charge < -0.3 is 25.2 Å². The van der Waals surface area contributed by atoms with Crippen LogP contribution in [0.5, 0.6) is 11.5 Å². The molecule has 1 aromatic carbocycles. The quantitative estimate of drug-likeness (QED) is 0.664. The van der Waals surface area contributed by atoms with E-state index in [2.05, 4.69) is 11.8 Å². The Hall–Kier alpha value is -1.48. The average molecular weight is 428 g/mol. The van der Waals surface area contributed by atoms with Crippen LogP contribution in [0.3, 0.4) is 0 Å². The molecule has 1 unspecified atom stereocenters. The van der Waals surface area contributed by atoms with Gasteiger partial charge in [-0.25, -0.2) is 8.78 Å². The van der Waals surface area contributed by atoms with Gasteiger partial charge in [0.15, 0.2) is 11.5 Å². The molecule has 3 rings (SSSR count). The fourth-order valence-electron chi connectivity index (χ4n) is 4.01. The number of methoxy groups -OCH3 is 1. The van der Waals surface area contributed by atoms with Crippen molar-refractivity contribution in [1.29, 1.82) is 0 Å². The number of nitrogens with zero attached hydrogens (tertiary/aromatic N) is 2. The third-order valence-corrected chi connectivity index (χ3v) is 6.12. The van der Waals surface area contributed by atoms with Crippen LogP contribution in [0.4, 0.5) is 8.78 Å². The molecule has 0 aliphatic carbocycles. The molecule has 0 bridgehead atoms. The van der Waals surface area contributed by atoms with Gasteiger partial charge in [-0.3, -0.25) is 4.90 Å². The molecule has 1 aromatic rings. The Morgan fingerprint density at radius 3 is 2.33 bits per heavy atom. The molecule has 170 valence electrons. The van der Waals surface area contributed by atoms with Crippen molar-refractivity contribution in [2.45, 2.75) is 56.7 Å². The fraction of sp³-hybridized carbons (Fsp3) is 0.727. The number of rotatable bonds is 8. The van der Waals surface area contributed by atoms with Crippen molar-refractivity contribution in [3.63, 3.8) is 0 Å². The molecule has 2 fully saturated rings. The lowest BCUT2D eigenvalue weighted by molar-refractivity contribution is -0.0566. The summed E-state index contributed by atoms with van der Waals surface area (Å²) < 4.78 is 37.9. The van der Waals surface area contributed by atoms with Crippen molar-refractivity contribution in [2.75, 3.05) is 46.4 Å². The Kier molecular flexibility index (Phi) is 7.55. The number of aliphatic hydroxyl groups is 1. The second-order valence-corrected chi connectivity index (χ2v) is 9.04. The number of hydrogen-bond acceptors (Lipinski definition) is 6. The van der Waals surface area contributed by atoms with Crippen LogP contribution in [0.15, 0.2) is 18.2 Å². The number of benzene rings is 1. The molecule has 0 aromatic heterocycles. The maximum absolute atomic E-state index is 13.3. The van der Waals surface area contributed by atoms with E-state index in [1.54, 1.807) is 7.11 Å². The lowest BCUT2D eigenvalue weighted by atomic mass is 9.91. The van der Waals surface area contributed by atoms with Crippen LogP contribution < -0.4 is 15.2 Å². The van der Waals surface area contributed by atoms with Gasteiger partial charge >= 0.3 is 0 Å². The maximum atomic E-state index is 13.3. The smallest absolute Gasteiger partial charge is 0.250 e. The van der Waals surface area contributed by atoms with Crippen molar-refractivity contribution in [2.24, 2.45) is 5.73 Å². The number of likely N-dealkylation sites (tertiary alicyclic amines) is 2. The molecular weight excluding hydrogens is 392 g/mol. The Morgan fingerprint density at radius 1 is 1.07 bits per heavy atom. The Labute approximate surface area is 177 Å². The zero-order chi connectivity index (χ0) is 21.8. The highest BCUT2D eigenvalue weighted by Crippen LogP contribution is 2.31. The largest absolute Gasteiger partial charge is 0.493 e. The van der Waals surface area contributed by atoms with Gasteiger partial charge in [-0.05, 0) is 50.6 Å². The van der Waals surface area contributed by atoms with Crippen molar-refractivity contribution in [3.8, 4) is 11.5 Å². The van der Waals surface area contributed by atoms with E-state index in [0.29, 0.717) is 37.7 Å². The normalized spacial score (nSPS) is 23.1. The van der Waals surface area contributed by atoms with Gasteiger partial charge in [0.25, 0.3) is 5.92 Å². The Balaban J connectivity index is 1.48. The monoisotopic (exact) mass is 427 g/mol. The number of hydrogen-bond donors (Lipinski definition) is 2. The highest BCUT2D eigenvalue weighted by atomic mass is 19.3. The third kappa shape index (κ3) is 6.77. The van der Waals surface area contributed by atoms with Gasteiger partial charge in [-0.2, -0.15) is 0 Å². The van der Waals surface area contributed by atoms with Crippen LogP contribution in [0.2, 0.25) is 0 Å². The topological polar surface area (TPSA) is 71.2 Å². The van der Waals surface area contributed by atoms with Gasteiger partial charge in [-0.1, -0.05) is 6.07 Å². The van der Waals surface area contributed by atoms with Crippen molar-refractivity contribution >= 4 is 0 Å². The molecule has 2 aliphatic rings. The zero-order valence-corrected chi connectivity index (χ0v) is 18.1. The number of nitrogens with two attached hydrogens (primary N) is 1. The van der Waals surface area contributed by atoms with Gasteiger partial charge in [-0.15, -0.1) is 0 Å². The van der Waals surface area contributed by atoms with Gasteiger partial charge in [0.2, 0.25) is 0 Å². The minimum atomic E-state index is -2.54. The maximum Gasteiger partial charge on any atom is 0.250 e. The van der Waals surface area contributed by atoms with E-state index in [9.17, 15) is 13.9 Å². The number of β-amino-alcohol motifs (C(OH)–C–C–N with tert-alkyl or cyclic N) is 1. The van der Waals surface area contributed by atoms with E-state index >= 15 is 0 Å². The summed E-state index contributed by atoms with van der Waals surface area (Å²) in [6.45, 7) is 5.93. The summed E-state index contributed by atoms with van der Waals surface area (Å²) >= 11 is 0. The minimum absolute atomic E-state index is 0.0925. The number of ether oxygens (including phenoxy) is 2. The predicted molar refractivity (Wildman–Crippen MR) is 112 cm³/mol. The van der Waals surface area contributed by atoms with E-state index in [1.807, 2.05) is 23.1 Å². The second-order valence-electron chi connectivity index (χ2n) is 9.04. The van der Waals surface area contributed by atoms with Gasteiger partial charge in [0.05, 0.1) is 7.11 Å². The summed E-state index contributed by atoms with van der Waals surface area (Å²) in [5.41, 5.74) is 7.04. The highest BCUT2D eigenvalue weighted by Gasteiger charge is 2.33. The fourth-order valence-corrected chi connectivity index (χ4v) is 4.01. The summed E-state index contributed by atoms with van der Waals surface area (Å²) in [6.07, 6.45) is 1.05. The summed E-state index contributed by atoms with van der Waals surface area (Å²) in [5.74, 6) is -1.39. The van der Waals surface area contributed by atoms with Crippen LogP contribution in [0.1, 0.15) is 38.2 Å². The van der Waals surface area contributed by atoms with Crippen molar-refractivity contribution < 1.29 is 23.4 Å². The molecule has 30 heavy (non-hydrogen) atoms. The first kappa shape index (κ1) is 23.2. The number of halogens is 2. The molecule has 6 nitrogen and oxygen atoms in total. The summed E-state index contributed by atoms with van der Waals surface area (Å²) in [6, 6.07) is 5.62. The molecule has 2 aliphatic heterocycles. The molecule has 0 saturated carbocycles. The summed E-state index contributed by atoms with van der Waals surface area (Å²) in [4.78, 5) is 4.24. The Morgan fingerprint density at radius 2 is 1.70 bits per heavy atom. The molecular formula is C22H35F2N3O3. The van der Waals surface area contributed by atoms with Crippen LogP contribution in [-0.2, 0) is 6.54 Å². The molecule has 1 atom stereocenters. The summed E-state index contributed by atoms with van der Waals surface area (Å²) in [7, 11) is 1.57. The number of aliphatic hydroxyl groups excluding tert-OH is 1. The average Bonchev–Trinajstić information content (AvgIpc) is 2.70. The second kappa shape index (κ2) is 9.77. The molecule has 0 amide bonds. The van der Waals surface area contributed by atoms with E-state index < -0.39 is 12.0 Å². The summed E-state index contributed by atoms with van der Waals surface area (Å²) in [5, 5.41) is 10.4. The van der Waals surface area contributed by atoms with E-state index in [1.165, 1.54) is 0 Å². The molecule has 0 spiro atoms. The lowest BCUT2D eigenvalue weighted by Crippen LogP contribution is -2.50. The first-order valence-electron chi connectivity index (χ1n) is 10.7. The van der Waals surface area contributed by atoms with Crippen LogP contribution in [-0.4, -0.2) is 78.9 Å². The zero-order valence-electron chi connectivity index (χ0n) is 18.1. The minimum Gasteiger partial charge on any atom is -0.493 e. The van der Waals surface area contributed by atoms with E-state index in [0.717, 1.165) is 31.5 Å². The standard InChI is InChI=1S/C22H35F2N3O3/c1-21(25)5-9-27(10-6-21)15-18(28)16-30-19-4-3-17(13-20(19)29-2)14-26-11-7-22(23,24)8-12-26/h3-4,13,18,28H,5-12,14-16,25H2,1-2H3. The predicted octanol–water partition coefficient (Wildman–Crippen LogP) is 2.48.